The molecule has 3 aromatic rings. The molecule has 1 aliphatic heterocycles. The van der Waals surface area contributed by atoms with Crippen molar-refractivity contribution >= 4 is 0 Å². The Morgan fingerprint density at radius 3 is 2.68 bits per heavy atom. The van der Waals surface area contributed by atoms with E-state index in [4.69, 9.17) is 4.74 Å². The number of rotatable bonds is 5. The summed E-state index contributed by atoms with van der Waals surface area (Å²) >= 11 is 0. The first-order valence-corrected chi connectivity index (χ1v) is 9.49. The van der Waals surface area contributed by atoms with E-state index in [9.17, 15) is 5.11 Å². The molecular weight excluding hydrogens is 352 g/mol. The number of likely N-dealkylation sites (tertiary alicyclic amines) is 1. The van der Waals surface area contributed by atoms with Crippen molar-refractivity contribution < 1.29 is 9.84 Å². The molecule has 2 aromatic heterocycles. The van der Waals surface area contributed by atoms with E-state index in [1.165, 1.54) is 0 Å². The third-order valence-electron chi connectivity index (χ3n) is 5.19. The second-order valence-corrected chi connectivity index (χ2v) is 7.10. The van der Waals surface area contributed by atoms with Crippen molar-refractivity contribution in [2.75, 3.05) is 20.2 Å². The van der Waals surface area contributed by atoms with E-state index in [1.807, 2.05) is 48.8 Å². The van der Waals surface area contributed by atoms with Gasteiger partial charge in [-0.15, -0.1) is 0 Å². The summed E-state index contributed by atoms with van der Waals surface area (Å²) in [4.78, 5) is 15.4. The van der Waals surface area contributed by atoms with Gasteiger partial charge in [-0.25, -0.2) is 9.97 Å². The summed E-state index contributed by atoms with van der Waals surface area (Å²) in [5.74, 6) is 1.59. The maximum absolute atomic E-state index is 10.7. The molecule has 0 aliphatic carbocycles. The highest BCUT2D eigenvalue weighted by molar-refractivity contribution is 5.47. The van der Waals surface area contributed by atoms with E-state index in [-0.39, 0.29) is 5.92 Å². The third kappa shape index (κ3) is 4.18. The van der Waals surface area contributed by atoms with Crippen LogP contribution in [0, 0.1) is 0 Å². The number of hydrogen-bond donors (Lipinski definition) is 1. The molecule has 1 fully saturated rings. The van der Waals surface area contributed by atoms with Crippen LogP contribution >= 0.6 is 0 Å². The van der Waals surface area contributed by atoms with Gasteiger partial charge in [0.2, 0.25) is 0 Å². The van der Waals surface area contributed by atoms with Gasteiger partial charge in [0.1, 0.15) is 11.4 Å². The van der Waals surface area contributed by atoms with Crippen LogP contribution in [0.25, 0.3) is 11.5 Å². The lowest BCUT2D eigenvalue weighted by Crippen LogP contribution is -2.42. The molecule has 1 saturated heterocycles. The highest BCUT2D eigenvalue weighted by Gasteiger charge is 2.29. The van der Waals surface area contributed by atoms with Gasteiger partial charge in [-0.1, -0.05) is 18.2 Å². The summed E-state index contributed by atoms with van der Waals surface area (Å²) in [6.07, 6.45) is 5.92. The molecule has 0 spiro atoms. The van der Waals surface area contributed by atoms with Crippen LogP contribution in [0.2, 0.25) is 0 Å². The fourth-order valence-electron chi connectivity index (χ4n) is 3.72. The predicted octanol–water partition coefficient (Wildman–Crippen LogP) is 2.90. The van der Waals surface area contributed by atoms with Gasteiger partial charge in [0.25, 0.3) is 0 Å². The molecule has 4 rings (SSSR count). The van der Waals surface area contributed by atoms with Gasteiger partial charge in [-0.05, 0) is 42.8 Å². The van der Waals surface area contributed by atoms with Crippen LogP contribution < -0.4 is 4.74 Å². The number of pyridine rings is 1. The number of benzene rings is 1. The number of ether oxygens (including phenoxy) is 1. The molecule has 0 saturated carbocycles. The Kier molecular flexibility index (Phi) is 5.60. The first-order valence-electron chi connectivity index (χ1n) is 9.49. The molecule has 3 heterocycles. The first kappa shape index (κ1) is 18.5. The van der Waals surface area contributed by atoms with Crippen molar-refractivity contribution in [2.24, 2.45) is 0 Å². The first-order chi connectivity index (χ1) is 13.7. The van der Waals surface area contributed by atoms with Gasteiger partial charge in [0, 0.05) is 43.2 Å². The summed E-state index contributed by atoms with van der Waals surface area (Å²) in [7, 11) is 1.67. The topological polar surface area (TPSA) is 71.4 Å². The van der Waals surface area contributed by atoms with E-state index >= 15 is 0 Å². The monoisotopic (exact) mass is 376 g/mol. The number of β-amino-alcohol motifs (C(OH)–C–C–N with tert-alkyl or cyclic N) is 1. The number of aromatic nitrogens is 3. The van der Waals surface area contributed by atoms with E-state index in [2.05, 4.69) is 25.9 Å². The Hall–Kier alpha value is -2.83. The summed E-state index contributed by atoms with van der Waals surface area (Å²) < 4.78 is 5.31. The van der Waals surface area contributed by atoms with E-state index < -0.39 is 6.10 Å². The summed E-state index contributed by atoms with van der Waals surface area (Å²) in [6.45, 7) is 2.27. The maximum atomic E-state index is 10.7. The van der Waals surface area contributed by atoms with Gasteiger partial charge in [-0.3, -0.25) is 9.88 Å². The lowest BCUT2D eigenvalue weighted by Gasteiger charge is -2.36. The Morgan fingerprint density at radius 1 is 1.11 bits per heavy atom. The fraction of sp³-hybridized carbons (Fsp3) is 0.318. The molecule has 0 unspecified atom stereocenters. The molecule has 6 nitrogen and oxygen atoms in total. The summed E-state index contributed by atoms with van der Waals surface area (Å²) in [6, 6.07) is 13.7. The molecule has 1 N–H and O–H groups in total. The molecule has 144 valence electrons. The van der Waals surface area contributed by atoms with Crippen molar-refractivity contribution in [1.29, 1.82) is 0 Å². The van der Waals surface area contributed by atoms with Gasteiger partial charge in [-0.2, -0.15) is 0 Å². The predicted molar refractivity (Wildman–Crippen MR) is 107 cm³/mol. The smallest absolute Gasteiger partial charge is 0.178 e. The minimum atomic E-state index is -0.408. The zero-order valence-corrected chi connectivity index (χ0v) is 15.9. The highest BCUT2D eigenvalue weighted by Crippen LogP contribution is 2.31. The molecule has 0 radical (unpaired) electrons. The van der Waals surface area contributed by atoms with Crippen LogP contribution in [0.4, 0.5) is 0 Å². The Bertz CT molecular complexity index is 902. The number of aliphatic hydroxyl groups excluding tert-OH is 1. The molecule has 1 aromatic carbocycles. The van der Waals surface area contributed by atoms with Crippen LogP contribution in [-0.4, -0.2) is 51.3 Å². The molecule has 2 atom stereocenters. The second kappa shape index (κ2) is 8.46. The van der Waals surface area contributed by atoms with Crippen LogP contribution in [0.5, 0.6) is 5.75 Å². The Labute approximate surface area is 164 Å². The minimum absolute atomic E-state index is 0.133. The number of aliphatic hydroxyl groups is 1. The molecular formula is C22H24N4O2. The Balaban J connectivity index is 1.38. The van der Waals surface area contributed by atoms with Crippen molar-refractivity contribution in [2.45, 2.75) is 25.0 Å². The van der Waals surface area contributed by atoms with Crippen molar-refractivity contribution in [3.05, 3.63) is 72.2 Å². The van der Waals surface area contributed by atoms with Crippen LogP contribution in [-0.2, 0) is 6.54 Å². The van der Waals surface area contributed by atoms with Crippen molar-refractivity contribution in [3.8, 4) is 17.3 Å². The van der Waals surface area contributed by atoms with E-state index in [1.54, 1.807) is 13.3 Å². The fourth-order valence-corrected chi connectivity index (χ4v) is 3.72. The van der Waals surface area contributed by atoms with Crippen LogP contribution in [0.3, 0.4) is 0 Å². The standard InChI is InChI=1S/C22H24N4O2/c1-28-18-6-4-5-17(11-18)19-8-10-26(15-21(19)27)14-16-12-24-22(25-13-16)20-7-2-3-9-23-20/h2-7,9,11-13,19,21,27H,8,10,14-15H2,1H3/t19-,21+/m0/s1. The molecule has 0 amide bonds. The zero-order valence-electron chi connectivity index (χ0n) is 15.9. The van der Waals surface area contributed by atoms with Gasteiger partial charge >= 0.3 is 0 Å². The minimum Gasteiger partial charge on any atom is -0.497 e. The van der Waals surface area contributed by atoms with E-state index in [0.29, 0.717) is 12.4 Å². The number of piperidine rings is 1. The largest absolute Gasteiger partial charge is 0.497 e. The van der Waals surface area contributed by atoms with E-state index in [0.717, 1.165) is 42.1 Å². The summed E-state index contributed by atoms with van der Waals surface area (Å²) in [5.41, 5.74) is 2.94. The number of methoxy groups -OCH3 is 1. The van der Waals surface area contributed by atoms with Crippen LogP contribution in [0.15, 0.2) is 61.1 Å². The second-order valence-electron chi connectivity index (χ2n) is 7.10. The number of nitrogens with zero attached hydrogens (tertiary/aromatic N) is 4. The van der Waals surface area contributed by atoms with Crippen LogP contribution in [0.1, 0.15) is 23.5 Å². The van der Waals surface area contributed by atoms with Gasteiger partial charge < -0.3 is 9.84 Å². The molecule has 0 bridgehead atoms. The molecule has 1 aliphatic rings. The quantitative estimate of drug-likeness (QED) is 0.738. The third-order valence-corrected chi connectivity index (χ3v) is 5.19. The SMILES string of the molecule is COc1cccc([C@@H]2CCN(Cc3cnc(-c4ccccn4)nc3)C[C@H]2O)c1. The molecule has 28 heavy (non-hydrogen) atoms. The van der Waals surface area contributed by atoms with Crippen molar-refractivity contribution in [3.63, 3.8) is 0 Å². The van der Waals surface area contributed by atoms with Crippen molar-refractivity contribution in [1.82, 2.24) is 19.9 Å². The zero-order chi connectivity index (χ0) is 19.3. The summed E-state index contributed by atoms with van der Waals surface area (Å²) in [5, 5.41) is 10.7. The molecule has 6 heteroatoms. The average molecular weight is 376 g/mol. The lowest BCUT2D eigenvalue weighted by atomic mass is 9.87. The normalized spacial score (nSPS) is 20.1. The highest BCUT2D eigenvalue weighted by atomic mass is 16.5. The lowest BCUT2D eigenvalue weighted by molar-refractivity contribution is 0.0475. The van der Waals surface area contributed by atoms with Gasteiger partial charge in [0.15, 0.2) is 5.82 Å². The van der Waals surface area contributed by atoms with Gasteiger partial charge in [0.05, 0.1) is 13.2 Å². The number of hydrogen-bond acceptors (Lipinski definition) is 6. The Morgan fingerprint density at radius 2 is 1.96 bits per heavy atom. The average Bonchev–Trinajstić information content (AvgIpc) is 2.75. The maximum Gasteiger partial charge on any atom is 0.178 e.